The summed E-state index contributed by atoms with van der Waals surface area (Å²) in [4.78, 5) is 9.94. The smallest absolute Gasteiger partial charge is 0.289 e. The third-order valence-electron chi connectivity index (χ3n) is 3.29. The van der Waals surface area contributed by atoms with Gasteiger partial charge in [-0.15, -0.1) is 0 Å². The van der Waals surface area contributed by atoms with Gasteiger partial charge in [-0.05, 0) is 6.07 Å². The van der Waals surface area contributed by atoms with Crippen LogP contribution in [0.2, 0.25) is 0 Å². The zero-order valence-corrected chi connectivity index (χ0v) is 13.2. The number of ether oxygens (including phenoxy) is 2. The van der Waals surface area contributed by atoms with Gasteiger partial charge in [0.1, 0.15) is 0 Å². The van der Waals surface area contributed by atoms with Gasteiger partial charge in [0, 0.05) is 19.0 Å². The average molecular weight is 330 g/mol. The Morgan fingerprint density at radius 1 is 1.32 bits per heavy atom. The molecule has 1 aliphatic rings. The molecule has 9 heteroatoms. The van der Waals surface area contributed by atoms with Crippen molar-refractivity contribution in [2.45, 2.75) is 18.1 Å². The van der Waals surface area contributed by atoms with Crippen LogP contribution in [0.25, 0.3) is 0 Å². The van der Waals surface area contributed by atoms with E-state index >= 15 is 0 Å². The predicted molar refractivity (Wildman–Crippen MR) is 77.8 cm³/mol. The van der Waals surface area contributed by atoms with E-state index in [0.717, 1.165) is 10.4 Å². The Morgan fingerprint density at radius 3 is 2.50 bits per heavy atom. The van der Waals surface area contributed by atoms with Crippen LogP contribution >= 0.6 is 0 Å². The van der Waals surface area contributed by atoms with E-state index in [-0.39, 0.29) is 17.4 Å². The molecular formula is C13H18N2O6S. The van der Waals surface area contributed by atoms with E-state index in [9.17, 15) is 18.5 Å². The highest BCUT2D eigenvalue weighted by Gasteiger charge is 2.31. The van der Waals surface area contributed by atoms with Crippen molar-refractivity contribution in [3.8, 4) is 0 Å². The average Bonchev–Trinajstić information content (AvgIpc) is 2.49. The molecule has 0 amide bonds. The first-order valence-corrected chi connectivity index (χ1v) is 8.19. The van der Waals surface area contributed by atoms with E-state index in [0.29, 0.717) is 13.2 Å². The summed E-state index contributed by atoms with van der Waals surface area (Å²) in [5.74, 6) is 0.258. The van der Waals surface area contributed by atoms with Gasteiger partial charge in [-0.3, -0.25) is 10.1 Å². The molecule has 2 rings (SSSR count). The van der Waals surface area contributed by atoms with Crippen LogP contribution in [0, 0.1) is 16.0 Å². The highest BCUT2D eigenvalue weighted by molar-refractivity contribution is 7.89. The lowest BCUT2D eigenvalue weighted by Crippen LogP contribution is -2.41. The van der Waals surface area contributed by atoms with E-state index in [2.05, 4.69) is 0 Å². The molecule has 0 radical (unpaired) electrons. The van der Waals surface area contributed by atoms with E-state index in [1.165, 1.54) is 25.2 Å². The molecule has 1 aromatic carbocycles. The Labute approximate surface area is 128 Å². The minimum atomic E-state index is -4.00. The van der Waals surface area contributed by atoms with Crippen LogP contribution in [-0.4, -0.2) is 50.7 Å². The molecule has 0 atom stereocenters. The number of rotatable bonds is 5. The molecule has 8 nitrogen and oxygen atoms in total. The molecule has 0 aromatic heterocycles. The van der Waals surface area contributed by atoms with Crippen molar-refractivity contribution in [1.82, 2.24) is 4.31 Å². The first-order chi connectivity index (χ1) is 10.3. The Morgan fingerprint density at radius 2 is 1.91 bits per heavy atom. The lowest BCUT2D eigenvalue weighted by Gasteiger charge is -2.30. The fourth-order valence-electron chi connectivity index (χ4n) is 2.05. The first-order valence-electron chi connectivity index (χ1n) is 6.75. The molecule has 0 spiro atoms. The van der Waals surface area contributed by atoms with Crippen LogP contribution in [0.4, 0.5) is 5.69 Å². The Hall–Kier alpha value is -1.55. The van der Waals surface area contributed by atoms with Crippen molar-refractivity contribution < 1.29 is 22.8 Å². The lowest BCUT2D eigenvalue weighted by molar-refractivity contribution is -0.387. The highest BCUT2D eigenvalue weighted by Crippen LogP contribution is 2.26. The van der Waals surface area contributed by atoms with Gasteiger partial charge in [-0.2, -0.15) is 4.31 Å². The summed E-state index contributed by atoms with van der Waals surface area (Å²) in [5, 5.41) is 11.0. The summed E-state index contributed by atoms with van der Waals surface area (Å²) in [6.45, 7) is 2.92. The quantitative estimate of drug-likeness (QED) is 0.594. The van der Waals surface area contributed by atoms with Gasteiger partial charge in [-0.25, -0.2) is 8.42 Å². The summed E-state index contributed by atoms with van der Waals surface area (Å²) in [6, 6.07) is 5.25. The molecule has 0 N–H and O–H groups in total. The van der Waals surface area contributed by atoms with Gasteiger partial charge >= 0.3 is 0 Å². The number of nitrogens with zero attached hydrogens (tertiary/aromatic N) is 2. The second-order valence-corrected chi connectivity index (χ2v) is 7.23. The lowest BCUT2D eigenvalue weighted by atomic mass is 10.2. The second-order valence-electron chi connectivity index (χ2n) is 5.21. The maximum absolute atomic E-state index is 12.5. The van der Waals surface area contributed by atoms with Gasteiger partial charge in [0.2, 0.25) is 10.0 Å². The highest BCUT2D eigenvalue weighted by atomic mass is 32.2. The summed E-state index contributed by atoms with van der Waals surface area (Å²) >= 11 is 0. The van der Waals surface area contributed by atoms with Gasteiger partial charge < -0.3 is 9.47 Å². The Bertz CT molecular complexity index is 640. The normalized spacial score (nSPS) is 22.7. The third kappa shape index (κ3) is 3.61. The van der Waals surface area contributed by atoms with Gasteiger partial charge in [0.15, 0.2) is 11.2 Å². The van der Waals surface area contributed by atoms with Crippen LogP contribution in [0.1, 0.15) is 6.92 Å². The zero-order chi connectivity index (χ0) is 16.3. The molecule has 1 aliphatic heterocycles. The number of sulfonamides is 1. The number of nitro groups is 1. The van der Waals surface area contributed by atoms with Crippen molar-refractivity contribution >= 4 is 15.7 Å². The second kappa shape index (κ2) is 6.69. The van der Waals surface area contributed by atoms with Crippen molar-refractivity contribution in [3.05, 3.63) is 34.4 Å². The van der Waals surface area contributed by atoms with Crippen LogP contribution in [0.3, 0.4) is 0 Å². The molecule has 1 saturated heterocycles. The standard InChI is InChI=1S/C13H18N2O6S/c1-10-8-20-13(21-9-10)7-14(2)22(18,19)12-6-4-3-5-11(12)15(16)17/h3-6,10,13H,7-9H2,1-2H3. The molecule has 1 heterocycles. The maximum Gasteiger partial charge on any atom is 0.289 e. The summed E-state index contributed by atoms with van der Waals surface area (Å²) in [6.07, 6.45) is -0.668. The minimum Gasteiger partial charge on any atom is -0.351 e. The van der Waals surface area contributed by atoms with Crippen LogP contribution < -0.4 is 0 Å². The number of nitro benzene ring substituents is 1. The summed E-state index contributed by atoms with van der Waals surface area (Å²) < 4.78 is 36.8. The molecule has 0 saturated carbocycles. The Kier molecular flexibility index (Phi) is 5.12. The van der Waals surface area contributed by atoms with Crippen LogP contribution in [-0.2, 0) is 19.5 Å². The number of para-hydroxylation sites is 1. The van der Waals surface area contributed by atoms with Gasteiger partial charge in [0.05, 0.1) is 24.7 Å². The molecule has 1 aromatic rings. The van der Waals surface area contributed by atoms with E-state index in [4.69, 9.17) is 9.47 Å². The van der Waals surface area contributed by atoms with Gasteiger partial charge in [-0.1, -0.05) is 19.1 Å². The Balaban J connectivity index is 2.18. The molecule has 22 heavy (non-hydrogen) atoms. The third-order valence-corrected chi connectivity index (χ3v) is 5.16. The number of hydrogen-bond donors (Lipinski definition) is 0. The molecular weight excluding hydrogens is 312 g/mol. The fraction of sp³-hybridized carbons (Fsp3) is 0.538. The largest absolute Gasteiger partial charge is 0.351 e. The number of likely N-dealkylation sites (N-methyl/N-ethyl adjacent to an activating group) is 1. The van der Waals surface area contributed by atoms with Crippen molar-refractivity contribution in [3.63, 3.8) is 0 Å². The van der Waals surface area contributed by atoms with Crippen LogP contribution in [0.5, 0.6) is 0 Å². The molecule has 1 fully saturated rings. The predicted octanol–water partition coefficient (Wildman–Crippen LogP) is 1.22. The van der Waals surface area contributed by atoms with E-state index in [1.807, 2.05) is 6.92 Å². The topological polar surface area (TPSA) is 99.0 Å². The molecule has 122 valence electrons. The summed E-state index contributed by atoms with van der Waals surface area (Å²) in [7, 11) is -2.65. The summed E-state index contributed by atoms with van der Waals surface area (Å²) in [5.41, 5.74) is -0.451. The minimum absolute atomic E-state index is 0.0267. The van der Waals surface area contributed by atoms with E-state index in [1.54, 1.807) is 0 Å². The number of hydrogen-bond acceptors (Lipinski definition) is 6. The molecule has 0 aliphatic carbocycles. The SMILES string of the molecule is CC1COC(CN(C)S(=O)(=O)c2ccccc2[N+](=O)[O-])OC1. The molecule has 0 unspecified atom stereocenters. The molecule has 0 bridgehead atoms. The number of benzene rings is 1. The van der Waals surface area contributed by atoms with E-state index < -0.39 is 26.9 Å². The fourth-order valence-corrected chi connectivity index (χ4v) is 3.36. The van der Waals surface area contributed by atoms with Gasteiger partial charge in [0.25, 0.3) is 5.69 Å². The van der Waals surface area contributed by atoms with Crippen molar-refractivity contribution in [2.24, 2.45) is 5.92 Å². The first kappa shape index (κ1) is 16.8. The zero-order valence-electron chi connectivity index (χ0n) is 12.3. The maximum atomic E-state index is 12.5. The van der Waals surface area contributed by atoms with Crippen LogP contribution in [0.15, 0.2) is 29.2 Å². The van der Waals surface area contributed by atoms with Crippen molar-refractivity contribution in [2.75, 3.05) is 26.8 Å². The monoisotopic (exact) mass is 330 g/mol. The van der Waals surface area contributed by atoms with Crippen molar-refractivity contribution in [1.29, 1.82) is 0 Å².